The summed E-state index contributed by atoms with van der Waals surface area (Å²) >= 11 is 0. The summed E-state index contributed by atoms with van der Waals surface area (Å²) in [5.41, 5.74) is 5.18. The van der Waals surface area contributed by atoms with E-state index in [1.807, 2.05) is 0 Å². The Morgan fingerprint density at radius 1 is 1.24 bits per heavy atom. The zero-order valence-corrected chi connectivity index (χ0v) is 11.8. The van der Waals surface area contributed by atoms with Crippen LogP contribution in [0.15, 0.2) is 0 Å². The van der Waals surface area contributed by atoms with Gasteiger partial charge in [-0.2, -0.15) is 0 Å². The van der Waals surface area contributed by atoms with E-state index in [-0.39, 0.29) is 5.91 Å². The van der Waals surface area contributed by atoms with Crippen LogP contribution in [0.25, 0.3) is 0 Å². The zero-order valence-electron chi connectivity index (χ0n) is 11.8. The largest absolute Gasteiger partial charge is 0.368 e. The number of nitrogens with one attached hydrogen (secondary N) is 1. The number of carbonyl (C=O) groups is 1. The van der Waals surface area contributed by atoms with Gasteiger partial charge in [-0.05, 0) is 44.9 Å². The molecule has 1 amide bonds. The molecule has 1 fully saturated rings. The van der Waals surface area contributed by atoms with E-state index in [1.165, 1.54) is 6.42 Å². The van der Waals surface area contributed by atoms with Gasteiger partial charge >= 0.3 is 0 Å². The van der Waals surface area contributed by atoms with Gasteiger partial charge in [-0.15, -0.1) is 0 Å². The molecule has 3 heteroatoms. The van der Waals surface area contributed by atoms with Crippen molar-refractivity contribution in [2.45, 2.75) is 71.4 Å². The fourth-order valence-corrected chi connectivity index (χ4v) is 3.05. The Kier molecular flexibility index (Phi) is 4.99. The highest BCUT2D eigenvalue weighted by atomic mass is 16.1. The first-order valence-electron chi connectivity index (χ1n) is 6.95. The average molecular weight is 240 g/mol. The van der Waals surface area contributed by atoms with Gasteiger partial charge in [-0.1, -0.05) is 26.7 Å². The van der Waals surface area contributed by atoms with Crippen molar-refractivity contribution in [2.24, 2.45) is 17.6 Å². The van der Waals surface area contributed by atoms with Gasteiger partial charge in [0.15, 0.2) is 0 Å². The molecule has 3 nitrogen and oxygen atoms in total. The Morgan fingerprint density at radius 2 is 1.88 bits per heavy atom. The van der Waals surface area contributed by atoms with Crippen molar-refractivity contribution < 1.29 is 4.79 Å². The number of primary amides is 1. The molecule has 0 saturated heterocycles. The Bertz CT molecular complexity index is 263. The Morgan fingerprint density at radius 3 is 2.35 bits per heavy atom. The molecule has 17 heavy (non-hydrogen) atoms. The van der Waals surface area contributed by atoms with Crippen LogP contribution in [0.5, 0.6) is 0 Å². The maximum Gasteiger partial charge on any atom is 0.237 e. The van der Waals surface area contributed by atoms with Crippen LogP contribution in [0.4, 0.5) is 0 Å². The van der Waals surface area contributed by atoms with Crippen molar-refractivity contribution in [1.29, 1.82) is 0 Å². The van der Waals surface area contributed by atoms with Crippen molar-refractivity contribution in [3.63, 3.8) is 0 Å². The maximum absolute atomic E-state index is 11.8. The molecule has 0 radical (unpaired) electrons. The third-order valence-electron chi connectivity index (χ3n) is 4.10. The molecule has 2 atom stereocenters. The van der Waals surface area contributed by atoms with E-state index in [1.54, 1.807) is 0 Å². The summed E-state index contributed by atoms with van der Waals surface area (Å²) in [4.78, 5) is 11.8. The average Bonchev–Trinajstić information content (AvgIpc) is 2.40. The van der Waals surface area contributed by atoms with E-state index in [2.05, 4.69) is 33.0 Å². The van der Waals surface area contributed by atoms with Gasteiger partial charge < -0.3 is 11.1 Å². The van der Waals surface area contributed by atoms with Crippen molar-refractivity contribution in [3.8, 4) is 0 Å². The molecular formula is C14H28N2O. The molecule has 3 N–H and O–H groups in total. The highest BCUT2D eigenvalue weighted by molar-refractivity contribution is 5.84. The Hall–Kier alpha value is -0.570. The van der Waals surface area contributed by atoms with Crippen LogP contribution in [-0.2, 0) is 4.79 Å². The lowest BCUT2D eigenvalue weighted by Gasteiger charge is -2.33. The van der Waals surface area contributed by atoms with E-state index < -0.39 is 5.54 Å². The van der Waals surface area contributed by atoms with Crippen LogP contribution >= 0.6 is 0 Å². The predicted octanol–water partition coefficient (Wildman–Crippen LogP) is 2.44. The summed E-state index contributed by atoms with van der Waals surface area (Å²) in [6.07, 6.45) is 5.23. The van der Waals surface area contributed by atoms with E-state index in [4.69, 9.17) is 5.73 Å². The Balaban J connectivity index is 2.76. The lowest BCUT2D eigenvalue weighted by Crippen LogP contribution is -2.57. The van der Waals surface area contributed by atoms with Gasteiger partial charge in [0.1, 0.15) is 0 Å². The molecule has 0 heterocycles. The maximum atomic E-state index is 11.8. The van der Waals surface area contributed by atoms with Gasteiger partial charge in [0.05, 0.1) is 5.54 Å². The van der Waals surface area contributed by atoms with Gasteiger partial charge in [-0.3, -0.25) is 4.79 Å². The number of rotatable bonds is 4. The molecule has 2 unspecified atom stereocenters. The van der Waals surface area contributed by atoms with Crippen molar-refractivity contribution in [1.82, 2.24) is 5.32 Å². The molecule has 1 aliphatic carbocycles. The first-order chi connectivity index (χ1) is 7.87. The standard InChI is InChI=1S/C14H28N2O/c1-10(2)12-6-5-8-14(9-7-12,13(15)17)16-11(3)4/h10-12,16H,5-9H2,1-4H3,(H2,15,17). The third-order valence-corrected chi connectivity index (χ3v) is 4.10. The van der Waals surface area contributed by atoms with E-state index in [9.17, 15) is 4.79 Å². The number of carbonyl (C=O) groups excluding carboxylic acids is 1. The van der Waals surface area contributed by atoms with Crippen LogP contribution < -0.4 is 11.1 Å². The lowest BCUT2D eigenvalue weighted by molar-refractivity contribution is -0.125. The monoisotopic (exact) mass is 240 g/mol. The second-order valence-electron chi connectivity index (χ2n) is 6.18. The van der Waals surface area contributed by atoms with Crippen molar-refractivity contribution in [2.75, 3.05) is 0 Å². The van der Waals surface area contributed by atoms with Gasteiger partial charge in [0, 0.05) is 6.04 Å². The molecule has 1 rings (SSSR count). The minimum Gasteiger partial charge on any atom is -0.368 e. The summed E-state index contributed by atoms with van der Waals surface area (Å²) in [6.45, 7) is 8.71. The lowest BCUT2D eigenvalue weighted by atomic mass is 9.85. The molecule has 0 aromatic rings. The number of nitrogens with two attached hydrogens (primary N) is 1. The molecule has 0 aliphatic heterocycles. The van der Waals surface area contributed by atoms with Crippen molar-refractivity contribution >= 4 is 5.91 Å². The second-order valence-corrected chi connectivity index (χ2v) is 6.18. The van der Waals surface area contributed by atoms with Gasteiger partial charge in [0.25, 0.3) is 0 Å². The molecule has 100 valence electrons. The van der Waals surface area contributed by atoms with Gasteiger partial charge in [-0.25, -0.2) is 0 Å². The zero-order chi connectivity index (χ0) is 13.1. The normalized spacial score (nSPS) is 30.6. The smallest absolute Gasteiger partial charge is 0.237 e. The summed E-state index contributed by atoms with van der Waals surface area (Å²) in [7, 11) is 0. The molecule has 0 bridgehead atoms. The third kappa shape index (κ3) is 3.70. The summed E-state index contributed by atoms with van der Waals surface area (Å²) < 4.78 is 0. The van der Waals surface area contributed by atoms with Crippen LogP contribution in [-0.4, -0.2) is 17.5 Å². The van der Waals surface area contributed by atoms with E-state index in [0.717, 1.165) is 31.6 Å². The summed E-state index contributed by atoms with van der Waals surface area (Å²) in [5, 5.41) is 3.42. The first kappa shape index (κ1) is 14.5. The van der Waals surface area contributed by atoms with E-state index >= 15 is 0 Å². The minimum absolute atomic E-state index is 0.171. The number of amides is 1. The SMILES string of the molecule is CC(C)NC1(C(N)=O)CCCC(C(C)C)CC1. The molecule has 1 saturated carbocycles. The summed E-state index contributed by atoms with van der Waals surface area (Å²) in [5.74, 6) is 1.28. The van der Waals surface area contributed by atoms with Gasteiger partial charge in [0.2, 0.25) is 5.91 Å². The second kappa shape index (κ2) is 5.85. The highest BCUT2D eigenvalue weighted by Crippen LogP contribution is 2.34. The molecule has 1 aliphatic rings. The van der Waals surface area contributed by atoms with Crippen LogP contribution in [0, 0.1) is 11.8 Å². The van der Waals surface area contributed by atoms with E-state index in [0.29, 0.717) is 12.0 Å². The summed E-state index contributed by atoms with van der Waals surface area (Å²) in [6, 6.07) is 0.304. The molecule has 0 aromatic carbocycles. The molecule has 0 spiro atoms. The van der Waals surface area contributed by atoms with Crippen LogP contribution in [0.3, 0.4) is 0 Å². The molecule has 0 aromatic heterocycles. The Labute approximate surface area is 106 Å². The number of hydrogen-bond acceptors (Lipinski definition) is 2. The number of hydrogen-bond donors (Lipinski definition) is 2. The quantitative estimate of drug-likeness (QED) is 0.742. The van der Waals surface area contributed by atoms with Crippen LogP contribution in [0.2, 0.25) is 0 Å². The predicted molar refractivity (Wildman–Crippen MR) is 71.6 cm³/mol. The fraction of sp³-hybridized carbons (Fsp3) is 0.929. The topological polar surface area (TPSA) is 55.1 Å². The molecular weight excluding hydrogens is 212 g/mol. The van der Waals surface area contributed by atoms with Crippen LogP contribution in [0.1, 0.15) is 59.8 Å². The fourth-order valence-electron chi connectivity index (χ4n) is 3.05. The highest BCUT2D eigenvalue weighted by Gasteiger charge is 2.38. The van der Waals surface area contributed by atoms with Crippen molar-refractivity contribution in [3.05, 3.63) is 0 Å². The minimum atomic E-state index is -0.461. The first-order valence-corrected chi connectivity index (χ1v) is 6.95.